The zero-order chi connectivity index (χ0) is 12.5. The Morgan fingerprint density at radius 1 is 1.53 bits per heavy atom. The summed E-state index contributed by atoms with van der Waals surface area (Å²) in [7, 11) is 0. The monoisotopic (exact) mass is 252 g/mol. The van der Waals surface area contributed by atoms with Gasteiger partial charge >= 0.3 is 0 Å². The Morgan fingerprint density at radius 3 is 2.94 bits per heavy atom. The Balaban J connectivity index is 2.27. The average molecular weight is 252 g/mol. The molecule has 0 bridgehead atoms. The van der Waals surface area contributed by atoms with Crippen molar-refractivity contribution in [3.8, 4) is 6.07 Å². The number of hydrogen-bond acceptors (Lipinski definition) is 4. The van der Waals surface area contributed by atoms with E-state index in [4.69, 9.17) is 10.4 Å². The normalized spacial score (nSPS) is 12.3. The fourth-order valence-electron chi connectivity index (χ4n) is 1.87. The van der Waals surface area contributed by atoms with Crippen LogP contribution in [0.3, 0.4) is 0 Å². The fraction of sp³-hybridized carbons (Fsp3) is 0.615. The number of aliphatic hydroxyl groups is 1. The lowest BCUT2D eigenvalue weighted by Crippen LogP contribution is -2.22. The molecular weight excluding hydrogens is 232 g/mol. The summed E-state index contributed by atoms with van der Waals surface area (Å²) in [5, 5.41) is 22.9. The van der Waals surface area contributed by atoms with E-state index in [1.54, 1.807) is 11.3 Å². The van der Waals surface area contributed by atoms with Gasteiger partial charge in [-0.15, -0.1) is 11.3 Å². The van der Waals surface area contributed by atoms with Gasteiger partial charge in [0.25, 0.3) is 0 Å². The van der Waals surface area contributed by atoms with E-state index in [0.29, 0.717) is 5.92 Å². The number of hydrogen-bond donors (Lipinski definition) is 2. The predicted molar refractivity (Wildman–Crippen MR) is 70.8 cm³/mol. The minimum Gasteiger partial charge on any atom is -0.396 e. The number of nitrogens with one attached hydrogen (secondary N) is 1. The van der Waals surface area contributed by atoms with Gasteiger partial charge in [0.2, 0.25) is 0 Å². The molecule has 2 N–H and O–H groups in total. The molecule has 1 heterocycles. The second-order valence-electron chi connectivity index (χ2n) is 4.21. The minimum absolute atomic E-state index is 0.268. The third kappa shape index (κ3) is 5.31. The van der Waals surface area contributed by atoms with Gasteiger partial charge in [0, 0.05) is 23.4 Å². The van der Waals surface area contributed by atoms with Crippen LogP contribution in [0.4, 0.5) is 0 Å². The van der Waals surface area contributed by atoms with Gasteiger partial charge in [0.1, 0.15) is 6.07 Å². The summed E-state index contributed by atoms with van der Waals surface area (Å²) in [5.74, 6) is 0.556. The molecular formula is C13H20N2OS. The number of thiophene rings is 1. The van der Waals surface area contributed by atoms with Crippen molar-refractivity contribution in [2.75, 3.05) is 13.2 Å². The van der Waals surface area contributed by atoms with Crippen molar-refractivity contribution >= 4 is 11.3 Å². The SMILES string of the molecule is CCCC(CCO)CNCc1cc(C#N)cs1. The topological polar surface area (TPSA) is 56.0 Å². The molecule has 0 radical (unpaired) electrons. The van der Waals surface area contributed by atoms with Crippen molar-refractivity contribution in [1.82, 2.24) is 5.32 Å². The first-order chi connectivity index (χ1) is 8.30. The Bertz CT molecular complexity index is 351. The summed E-state index contributed by atoms with van der Waals surface area (Å²) in [6.45, 7) is 4.19. The summed E-state index contributed by atoms with van der Waals surface area (Å²) in [6.07, 6.45) is 3.18. The van der Waals surface area contributed by atoms with Gasteiger partial charge in [-0.25, -0.2) is 0 Å². The van der Waals surface area contributed by atoms with Crippen molar-refractivity contribution in [2.24, 2.45) is 5.92 Å². The highest BCUT2D eigenvalue weighted by molar-refractivity contribution is 7.10. The lowest BCUT2D eigenvalue weighted by molar-refractivity contribution is 0.248. The summed E-state index contributed by atoms with van der Waals surface area (Å²) >= 11 is 1.62. The molecule has 0 aliphatic rings. The van der Waals surface area contributed by atoms with Gasteiger partial charge in [-0.1, -0.05) is 13.3 Å². The van der Waals surface area contributed by atoms with Gasteiger partial charge in [-0.05, 0) is 31.4 Å². The van der Waals surface area contributed by atoms with E-state index in [1.807, 2.05) is 11.4 Å². The highest BCUT2D eigenvalue weighted by Crippen LogP contribution is 2.14. The smallest absolute Gasteiger partial charge is 0.100 e. The minimum atomic E-state index is 0.268. The zero-order valence-corrected chi connectivity index (χ0v) is 11.1. The molecule has 1 atom stereocenters. The third-order valence-electron chi connectivity index (χ3n) is 2.75. The molecule has 17 heavy (non-hydrogen) atoms. The summed E-state index contributed by atoms with van der Waals surface area (Å²) in [4.78, 5) is 1.20. The Hall–Kier alpha value is -0.890. The van der Waals surface area contributed by atoms with E-state index in [1.165, 1.54) is 4.88 Å². The molecule has 0 saturated carbocycles. The van der Waals surface area contributed by atoms with E-state index in [-0.39, 0.29) is 6.61 Å². The molecule has 1 rings (SSSR count). The second-order valence-corrected chi connectivity index (χ2v) is 5.21. The highest BCUT2D eigenvalue weighted by Gasteiger charge is 2.07. The molecule has 0 spiro atoms. The maximum Gasteiger partial charge on any atom is 0.100 e. The molecule has 0 aliphatic heterocycles. The Kier molecular flexibility index (Phi) is 6.87. The third-order valence-corrected chi connectivity index (χ3v) is 3.69. The molecule has 0 fully saturated rings. The molecule has 3 nitrogen and oxygen atoms in total. The molecule has 4 heteroatoms. The summed E-state index contributed by atoms with van der Waals surface area (Å²) in [6, 6.07) is 4.07. The number of nitrogens with zero attached hydrogens (tertiary/aromatic N) is 1. The molecule has 1 unspecified atom stereocenters. The molecule has 1 aromatic heterocycles. The molecule has 1 aromatic rings. The lowest BCUT2D eigenvalue weighted by Gasteiger charge is -2.15. The van der Waals surface area contributed by atoms with Gasteiger partial charge in [-0.3, -0.25) is 0 Å². The molecule has 94 valence electrons. The van der Waals surface area contributed by atoms with Crippen molar-refractivity contribution in [3.63, 3.8) is 0 Å². The second kappa shape index (κ2) is 8.24. The van der Waals surface area contributed by atoms with Gasteiger partial charge in [0.15, 0.2) is 0 Å². The molecule has 0 amide bonds. The molecule has 0 saturated heterocycles. The van der Waals surface area contributed by atoms with Crippen LogP contribution in [0.2, 0.25) is 0 Å². The maximum atomic E-state index is 8.95. The zero-order valence-electron chi connectivity index (χ0n) is 10.3. The Morgan fingerprint density at radius 2 is 2.35 bits per heavy atom. The van der Waals surface area contributed by atoms with Crippen LogP contribution in [0.1, 0.15) is 36.6 Å². The standard InChI is InChI=1S/C13H20N2OS/c1-2-3-11(4-5-16)8-15-9-13-6-12(7-14)10-17-13/h6,10-11,15-16H,2-5,8-9H2,1H3. The van der Waals surface area contributed by atoms with E-state index in [0.717, 1.165) is 37.9 Å². The van der Waals surface area contributed by atoms with E-state index in [2.05, 4.69) is 18.3 Å². The first kappa shape index (κ1) is 14.2. The van der Waals surface area contributed by atoms with Crippen LogP contribution >= 0.6 is 11.3 Å². The van der Waals surface area contributed by atoms with E-state index < -0.39 is 0 Å². The van der Waals surface area contributed by atoms with E-state index in [9.17, 15) is 0 Å². The fourth-order valence-corrected chi connectivity index (χ4v) is 2.65. The quantitative estimate of drug-likeness (QED) is 0.747. The first-order valence-electron chi connectivity index (χ1n) is 6.09. The van der Waals surface area contributed by atoms with Crippen LogP contribution in [-0.2, 0) is 6.54 Å². The maximum absolute atomic E-state index is 8.95. The summed E-state index contributed by atoms with van der Waals surface area (Å²) in [5.41, 5.74) is 0.743. The van der Waals surface area contributed by atoms with Crippen LogP contribution in [0.5, 0.6) is 0 Å². The van der Waals surface area contributed by atoms with Gasteiger partial charge in [0.05, 0.1) is 5.56 Å². The van der Waals surface area contributed by atoms with Gasteiger partial charge < -0.3 is 10.4 Å². The van der Waals surface area contributed by atoms with Crippen LogP contribution in [0.25, 0.3) is 0 Å². The van der Waals surface area contributed by atoms with Crippen molar-refractivity contribution in [2.45, 2.75) is 32.7 Å². The van der Waals surface area contributed by atoms with E-state index >= 15 is 0 Å². The first-order valence-corrected chi connectivity index (χ1v) is 6.97. The highest BCUT2D eigenvalue weighted by atomic mass is 32.1. The largest absolute Gasteiger partial charge is 0.396 e. The molecule has 0 aliphatic carbocycles. The van der Waals surface area contributed by atoms with Crippen LogP contribution in [0, 0.1) is 17.2 Å². The van der Waals surface area contributed by atoms with Crippen LogP contribution < -0.4 is 5.32 Å². The number of rotatable bonds is 8. The summed E-state index contributed by atoms with van der Waals surface area (Å²) < 4.78 is 0. The average Bonchev–Trinajstić information content (AvgIpc) is 2.77. The van der Waals surface area contributed by atoms with Gasteiger partial charge in [-0.2, -0.15) is 5.26 Å². The number of nitriles is 1. The van der Waals surface area contributed by atoms with Crippen LogP contribution in [-0.4, -0.2) is 18.3 Å². The van der Waals surface area contributed by atoms with Crippen LogP contribution in [0.15, 0.2) is 11.4 Å². The lowest BCUT2D eigenvalue weighted by atomic mass is 10.0. The van der Waals surface area contributed by atoms with Crippen molar-refractivity contribution in [3.05, 3.63) is 21.9 Å². The Labute approximate surface area is 107 Å². The van der Waals surface area contributed by atoms with Crippen molar-refractivity contribution < 1.29 is 5.11 Å². The van der Waals surface area contributed by atoms with Crippen molar-refractivity contribution in [1.29, 1.82) is 5.26 Å². The number of aliphatic hydroxyl groups excluding tert-OH is 1. The molecule has 0 aromatic carbocycles. The predicted octanol–water partition coefficient (Wildman–Crippen LogP) is 2.51.